The molecular formula is C31H46O8S. The van der Waals surface area contributed by atoms with Gasteiger partial charge in [-0.05, 0) is 36.3 Å². The Morgan fingerprint density at radius 3 is 1.73 bits per heavy atom. The molecule has 0 aromatic heterocycles. The van der Waals surface area contributed by atoms with Crippen molar-refractivity contribution in [3.63, 3.8) is 0 Å². The normalized spacial score (nSPS) is 13.8. The minimum Gasteiger partial charge on any atom is -0.508 e. The van der Waals surface area contributed by atoms with Gasteiger partial charge >= 0.3 is 11.9 Å². The average molecular weight is 579 g/mol. The van der Waals surface area contributed by atoms with Gasteiger partial charge in [-0.1, -0.05) is 97.4 Å². The molecule has 0 saturated carbocycles. The Labute approximate surface area is 239 Å². The summed E-state index contributed by atoms with van der Waals surface area (Å²) < 4.78 is 31.4. The second kappa shape index (κ2) is 14.5. The number of para-hydroxylation sites is 2. The number of allylic oxidation sites excluding steroid dienone is 1. The van der Waals surface area contributed by atoms with Crippen LogP contribution in [0.15, 0.2) is 54.1 Å². The SMILES string of the molecule is CC(C)(C)c1cccc2c1OC(=O)CC2(C)C.CC(C)(C)c1ccccc1O.CC(C)=CC(=O)O.CS(=O)(=O)O. The molecule has 0 bridgehead atoms. The number of ether oxygens (including phenoxy) is 1. The van der Waals surface area contributed by atoms with Crippen LogP contribution in [-0.2, 0) is 36.0 Å². The van der Waals surface area contributed by atoms with Crippen molar-refractivity contribution >= 4 is 22.1 Å². The number of fused-ring (bicyclic) bond motifs is 1. The molecule has 0 atom stereocenters. The lowest BCUT2D eigenvalue weighted by Crippen LogP contribution is -2.32. The Bertz CT molecular complexity index is 1270. The van der Waals surface area contributed by atoms with E-state index in [1.165, 1.54) is 6.08 Å². The van der Waals surface area contributed by atoms with Crippen LogP contribution < -0.4 is 4.74 Å². The Morgan fingerprint density at radius 1 is 0.925 bits per heavy atom. The fourth-order valence-corrected chi connectivity index (χ4v) is 3.73. The molecule has 3 rings (SSSR count). The number of hydrogen-bond donors (Lipinski definition) is 3. The first-order chi connectivity index (χ1) is 17.9. The maximum absolute atomic E-state index is 11.7. The Balaban J connectivity index is 0.000000569. The van der Waals surface area contributed by atoms with Crippen LogP contribution in [-0.4, -0.2) is 41.4 Å². The van der Waals surface area contributed by atoms with Gasteiger partial charge in [0.25, 0.3) is 10.1 Å². The third-order valence-electron chi connectivity index (χ3n) is 5.48. The summed E-state index contributed by atoms with van der Waals surface area (Å²) in [7, 11) is -3.67. The Hall–Kier alpha value is -3.17. The second-order valence-electron chi connectivity index (χ2n) is 12.5. The van der Waals surface area contributed by atoms with Crippen molar-refractivity contribution in [3.8, 4) is 11.5 Å². The van der Waals surface area contributed by atoms with E-state index in [2.05, 4.69) is 67.5 Å². The van der Waals surface area contributed by atoms with Gasteiger partial charge in [-0.15, -0.1) is 0 Å². The molecule has 0 unspecified atom stereocenters. The fraction of sp³-hybridized carbons (Fsp3) is 0.484. The maximum atomic E-state index is 11.7. The number of carboxylic acids is 1. The number of phenols is 1. The summed E-state index contributed by atoms with van der Waals surface area (Å²) in [5, 5.41) is 17.5. The molecule has 0 fully saturated rings. The molecule has 0 spiro atoms. The van der Waals surface area contributed by atoms with Gasteiger partial charge < -0.3 is 14.9 Å². The highest BCUT2D eigenvalue weighted by atomic mass is 32.2. The van der Waals surface area contributed by atoms with E-state index in [-0.39, 0.29) is 22.2 Å². The number of aliphatic carboxylic acids is 1. The number of carbonyl (C=O) groups is 2. The molecule has 2 aromatic carbocycles. The van der Waals surface area contributed by atoms with Crippen LogP contribution in [0, 0.1) is 0 Å². The highest BCUT2D eigenvalue weighted by Crippen LogP contribution is 2.44. The quantitative estimate of drug-likeness (QED) is 0.145. The van der Waals surface area contributed by atoms with E-state index in [4.69, 9.17) is 14.4 Å². The highest BCUT2D eigenvalue weighted by molar-refractivity contribution is 7.85. The molecule has 1 heterocycles. The van der Waals surface area contributed by atoms with Gasteiger partial charge in [0.15, 0.2) is 0 Å². The number of carboxylic acid groups (broad SMARTS) is 1. The van der Waals surface area contributed by atoms with Gasteiger partial charge in [0.2, 0.25) is 0 Å². The third-order valence-corrected chi connectivity index (χ3v) is 5.48. The summed E-state index contributed by atoms with van der Waals surface area (Å²) in [4.78, 5) is 21.4. The van der Waals surface area contributed by atoms with Gasteiger partial charge in [0, 0.05) is 22.6 Å². The van der Waals surface area contributed by atoms with Crippen molar-refractivity contribution in [1.29, 1.82) is 0 Å². The summed E-state index contributed by atoms with van der Waals surface area (Å²) in [6.45, 7) is 20.3. The molecule has 1 aliphatic heterocycles. The monoisotopic (exact) mass is 578 g/mol. The summed E-state index contributed by atoms with van der Waals surface area (Å²) in [5.41, 5.74) is 3.95. The molecule has 8 nitrogen and oxygen atoms in total. The van der Waals surface area contributed by atoms with Gasteiger partial charge in [-0.3, -0.25) is 9.35 Å². The number of phenolic OH excluding ortho intramolecular Hbond substituents is 1. The number of hydrogen-bond acceptors (Lipinski definition) is 6. The predicted octanol–water partition coefficient (Wildman–Crippen LogP) is 6.80. The first-order valence-corrected chi connectivity index (χ1v) is 14.6. The highest BCUT2D eigenvalue weighted by Gasteiger charge is 2.36. The number of benzene rings is 2. The van der Waals surface area contributed by atoms with Crippen molar-refractivity contribution < 1.29 is 37.5 Å². The van der Waals surface area contributed by atoms with E-state index in [0.717, 1.165) is 28.0 Å². The van der Waals surface area contributed by atoms with Crippen molar-refractivity contribution in [2.45, 2.75) is 91.9 Å². The van der Waals surface area contributed by atoms with Crippen molar-refractivity contribution in [3.05, 3.63) is 70.8 Å². The van der Waals surface area contributed by atoms with Crippen LogP contribution in [0.1, 0.15) is 92.3 Å². The first-order valence-electron chi connectivity index (χ1n) is 12.8. The molecule has 3 N–H and O–H groups in total. The molecule has 0 amide bonds. The van der Waals surface area contributed by atoms with Crippen LogP contribution >= 0.6 is 0 Å². The smallest absolute Gasteiger partial charge is 0.328 e. The molecule has 9 heteroatoms. The minimum absolute atomic E-state index is 0.0148. The molecular weight excluding hydrogens is 532 g/mol. The minimum atomic E-state index is -3.67. The van der Waals surface area contributed by atoms with Crippen LogP contribution in [0.25, 0.3) is 0 Å². The van der Waals surface area contributed by atoms with E-state index in [1.54, 1.807) is 19.9 Å². The summed E-state index contributed by atoms with van der Waals surface area (Å²) in [6.07, 6.45) is 2.33. The lowest BCUT2D eigenvalue weighted by molar-refractivity contribution is -0.137. The zero-order valence-electron chi connectivity index (χ0n) is 25.6. The number of rotatable bonds is 1. The van der Waals surface area contributed by atoms with Crippen LogP contribution in [0.2, 0.25) is 0 Å². The van der Waals surface area contributed by atoms with Crippen molar-refractivity contribution in [1.82, 2.24) is 0 Å². The van der Waals surface area contributed by atoms with E-state index in [1.807, 2.05) is 24.3 Å². The summed E-state index contributed by atoms with van der Waals surface area (Å²) in [6, 6.07) is 13.6. The van der Waals surface area contributed by atoms with E-state index < -0.39 is 16.1 Å². The number of aromatic hydroxyl groups is 1. The lowest BCUT2D eigenvalue weighted by Gasteiger charge is -2.34. The van der Waals surface area contributed by atoms with E-state index in [9.17, 15) is 23.1 Å². The summed E-state index contributed by atoms with van der Waals surface area (Å²) >= 11 is 0. The number of carbonyl (C=O) groups excluding carboxylic acids is 1. The summed E-state index contributed by atoms with van der Waals surface area (Å²) in [5.74, 6) is 0.167. The first kappa shape index (κ1) is 36.8. The van der Waals surface area contributed by atoms with Crippen LogP contribution in [0.3, 0.4) is 0 Å². The lowest BCUT2D eigenvalue weighted by atomic mass is 9.75. The van der Waals surface area contributed by atoms with Crippen LogP contribution in [0.5, 0.6) is 11.5 Å². The van der Waals surface area contributed by atoms with Crippen LogP contribution in [0.4, 0.5) is 0 Å². The van der Waals surface area contributed by atoms with Gasteiger partial charge in [-0.2, -0.15) is 8.42 Å². The Kier molecular flexibility index (Phi) is 13.3. The molecule has 40 heavy (non-hydrogen) atoms. The van der Waals surface area contributed by atoms with Gasteiger partial charge in [-0.25, -0.2) is 4.79 Å². The van der Waals surface area contributed by atoms with Gasteiger partial charge in [0.1, 0.15) is 11.5 Å². The van der Waals surface area contributed by atoms with Crippen molar-refractivity contribution in [2.24, 2.45) is 0 Å². The van der Waals surface area contributed by atoms with E-state index >= 15 is 0 Å². The zero-order chi connectivity index (χ0) is 31.7. The number of esters is 1. The molecule has 1 aliphatic rings. The Morgan fingerprint density at radius 2 is 1.38 bits per heavy atom. The molecule has 2 aromatic rings. The largest absolute Gasteiger partial charge is 0.508 e. The molecule has 0 saturated heterocycles. The maximum Gasteiger partial charge on any atom is 0.328 e. The molecule has 224 valence electrons. The van der Waals surface area contributed by atoms with Crippen molar-refractivity contribution in [2.75, 3.05) is 6.26 Å². The third kappa shape index (κ3) is 14.3. The van der Waals surface area contributed by atoms with Gasteiger partial charge in [0.05, 0.1) is 12.7 Å². The molecule has 0 aliphatic carbocycles. The topological polar surface area (TPSA) is 138 Å². The zero-order valence-corrected chi connectivity index (χ0v) is 26.4. The van der Waals surface area contributed by atoms with E-state index in [0.29, 0.717) is 18.4 Å². The fourth-order valence-electron chi connectivity index (χ4n) is 3.73. The second-order valence-corrected chi connectivity index (χ2v) is 14.0. The average Bonchev–Trinajstić information content (AvgIpc) is 2.70. The predicted molar refractivity (Wildman–Crippen MR) is 160 cm³/mol. The molecule has 0 radical (unpaired) electrons. The standard InChI is InChI=1S/C15H20O2.C10H14O.C5H8O2.CH4O3S/c1-14(2,3)10-7-6-8-11-13(10)17-12(16)9-15(11,4)5;1-10(2,3)8-6-4-5-7-9(8)11;1-4(2)3-5(6)7;1-5(2,3)4/h6-8H,9H2,1-5H3;4-7,11H,1-3H3;3H,1-2H3,(H,6,7);1H3,(H,2,3,4).